The van der Waals surface area contributed by atoms with Gasteiger partial charge in [-0.3, -0.25) is 4.79 Å². The molecule has 1 atom stereocenters. The van der Waals surface area contributed by atoms with Crippen LogP contribution in [-0.4, -0.2) is 11.1 Å². The van der Waals surface area contributed by atoms with E-state index in [0.29, 0.717) is 12.8 Å². The predicted octanol–water partition coefficient (Wildman–Crippen LogP) is 2.68. The number of hydrogen-bond acceptors (Lipinski definition) is 1. The van der Waals surface area contributed by atoms with Crippen molar-refractivity contribution in [1.82, 2.24) is 0 Å². The summed E-state index contributed by atoms with van der Waals surface area (Å²) in [6.45, 7) is -1.43. The van der Waals surface area contributed by atoms with Crippen molar-refractivity contribution in [2.24, 2.45) is 5.92 Å². The van der Waals surface area contributed by atoms with E-state index >= 15 is 0 Å². The number of hydrogen-bond donors (Lipinski definition) is 1. The molecule has 11 heavy (non-hydrogen) atoms. The summed E-state index contributed by atoms with van der Waals surface area (Å²) in [5, 5.41) is 8.97. The van der Waals surface area contributed by atoms with Crippen molar-refractivity contribution in [1.29, 1.82) is 0 Å². The first kappa shape index (κ1) is 3.46. The Balaban J connectivity index is 5.35. The Morgan fingerprint density at radius 3 is 3.00 bits per heavy atom. The van der Waals surface area contributed by atoms with Crippen molar-refractivity contribution in [2.45, 2.75) is 45.8 Å². The lowest BCUT2D eigenvalue weighted by molar-refractivity contribution is -0.142. The molecule has 0 rings (SSSR count). The fourth-order valence-electron chi connectivity index (χ4n) is 0.753. The highest BCUT2D eigenvalue weighted by Gasteiger charge is 2.14. The van der Waals surface area contributed by atoms with Gasteiger partial charge in [0, 0.05) is 9.60 Å². The fourth-order valence-corrected chi connectivity index (χ4v) is 0.753. The summed E-state index contributed by atoms with van der Waals surface area (Å²) >= 11 is 0. The monoisotopic (exact) mass is 165 g/mol. The zero-order valence-electron chi connectivity index (χ0n) is 13.6. The molecule has 0 amide bonds. The zero-order chi connectivity index (χ0) is 14.8. The Hall–Kier alpha value is -0.530. The molecular weight excluding hydrogens is 140 g/mol. The predicted molar refractivity (Wildman–Crippen MR) is 45.6 cm³/mol. The van der Waals surface area contributed by atoms with Crippen molar-refractivity contribution in [3.63, 3.8) is 0 Å². The molecule has 0 aromatic heterocycles. The molecule has 2 heteroatoms. The molecule has 0 bridgehead atoms. The molecule has 0 aliphatic rings. The van der Waals surface area contributed by atoms with Crippen LogP contribution in [0.25, 0.3) is 0 Å². The van der Waals surface area contributed by atoms with Crippen molar-refractivity contribution >= 4 is 5.97 Å². The Bertz CT molecular complexity index is 298. The topological polar surface area (TPSA) is 37.3 Å². The lowest BCUT2D eigenvalue weighted by atomic mass is 9.97. The van der Waals surface area contributed by atoms with E-state index in [1.54, 1.807) is 6.92 Å². The molecule has 0 radical (unpaired) electrons. The maximum absolute atomic E-state index is 11.0. The minimum Gasteiger partial charge on any atom is -0.481 e. The van der Waals surface area contributed by atoms with Crippen LogP contribution in [0.4, 0.5) is 0 Å². The average Bonchev–Trinajstić information content (AvgIpc) is 2.15. The minimum absolute atomic E-state index is 0.0889. The van der Waals surface area contributed by atoms with Gasteiger partial charge in [0.15, 0.2) is 0 Å². The number of carboxylic acid groups (broad SMARTS) is 1. The lowest BCUT2D eigenvalue weighted by Gasteiger charge is -2.08. The molecule has 0 aromatic carbocycles. The first-order valence-electron chi connectivity index (χ1n) is 7.12. The van der Waals surface area contributed by atoms with Crippen LogP contribution in [0.2, 0.25) is 0 Å². The van der Waals surface area contributed by atoms with Gasteiger partial charge in [-0.25, -0.2) is 0 Å². The number of unbranched alkanes of at least 4 members (excludes halogenated alkanes) is 1. The molecule has 0 heterocycles. The summed E-state index contributed by atoms with van der Waals surface area (Å²) in [6.07, 6.45) is -5.24. The lowest BCUT2D eigenvalue weighted by Crippen LogP contribution is -2.12. The van der Waals surface area contributed by atoms with Crippen molar-refractivity contribution in [3.8, 4) is 0 Å². The van der Waals surface area contributed by atoms with E-state index in [-0.39, 0.29) is 6.42 Å². The number of carboxylic acids is 1. The van der Waals surface area contributed by atoms with E-state index in [1.165, 1.54) is 0 Å². The van der Waals surface area contributed by atoms with E-state index in [2.05, 4.69) is 0 Å². The zero-order valence-corrected chi connectivity index (χ0v) is 6.55. The van der Waals surface area contributed by atoms with Crippen LogP contribution in [-0.2, 0) is 4.79 Å². The SMILES string of the molecule is [2H]C([2H])([2H])C([2H])([2H])C([2H])([2H])C(CCCC)C(=O)O. The molecular formula is C9H18O2. The normalized spacial score (nSPS) is 26.1. The molecule has 2 nitrogen and oxygen atoms in total. The second-order valence-corrected chi connectivity index (χ2v) is 2.30. The van der Waals surface area contributed by atoms with Gasteiger partial charge in [-0.2, -0.15) is 0 Å². The molecule has 0 aliphatic heterocycles. The van der Waals surface area contributed by atoms with Crippen molar-refractivity contribution in [2.75, 3.05) is 0 Å². The fraction of sp³-hybridized carbons (Fsp3) is 0.889. The Kier molecular flexibility index (Phi) is 1.95. The second-order valence-electron chi connectivity index (χ2n) is 2.30. The van der Waals surface area contributed by atoms with Gasteiger partial charge in [0.05, 0.1) is 5.92 Å². The van der Waals surface area contributed by atoms with E-state index in [1.807, 2.05) is 0 Å². The summed E-state index contributed by atoms with van der Waals surface area (Å²) < 4.78 is 51.1. The molecule has 0 saturated heterocycles. The summed E-state index contributed by atoms with van der Waals surface area (Å²) in [5.74, 6) is -3.19. The van der Waals surface area contributed by atoms with Crippen LogP contribution >= 0.6 is 0 Å². The first-order valence-corrected chi connectivity index (χ1v) is 3.62. The van der Waals surface area contributed by atoms with Gasteiger partial charge in [-0.15, -0.1) is 0 Å². The van der Waals surface area contributed by atoms with Crippen LogP contribution in [0.3, 0.4) is 0 Å². The number of aliphatic carboxylic acids is 1. The van der Waals surface area contributed by atoms with Gasteiger partial charge in [0.1, 0.15) is 0 Å². The van der Waals surface area contributed by atoms with E-state index in [9.17, 15) is 4.79 Å². The summed E-state index contributed by atoms with van der Waals surface area (Å²) in [5.41, 5.74) is 0. The van der Waals surface area contributed by atoms with Crippen LogP contribution < -0.4 is 0 Å². The third-order valence-corrected chi connectivity index (χ3v) is 1.39. The maximum Gasteiger partial charge on any atom is 0.306 e. The van der Waals surface area contributed by atoms with E-state index in [4.69, 9.17) is 14.7 Å². The molecule has 1 unspecified atom stereocenters. The smallest absolute Gasteiger partial charge is 0.306 e. The molecule has 0 spiro atoms. The number of rotatable bonds is 6. The van der Waals surface area contributed by atoms with E-state index < -0.39 is 31.5 Å². The highest BCUT2D eigenvalue weighted by Crippen LogP contribution is 2.14. The highest BCUT2D eigenvalue weighted by molar-refractivity contribution is 5.69. The largest absolute Gasteiger partial charge is 0.481 e. The molecule has 66 valence electrons. The van der Waals surface area contributed by atoms with Crippen LogP contribution in [0.15, 0.2) is 0 Å². The first-order chi connectivity index (χ1) is 7.89. The molecule has 0 fully saturated rings. The average molecular weight is 165 g/mol. The van der Waals surface area contributed by atoms with Gasteiger partial charge < -0.3 is 5.11 Å². The molecule has 0 aliphatic carbocycles. The minimum atomic E-state index is -3.21. The van der Waals surface area contributed by atoms with Crippen molar-refractivity contribution in [3.05, 3.63) is 0 Å². The van der Waals surface area contributed by atoms with Crippen LogP contribution in [0.5, 0.6) is 0 Å². The third kappa shape index (κ3) is 4.82. The summed E-state index contributed by atoms with van der Waals surface area (Å²) in [7, 11) is 0. The van der Waals surface area contributed by atoms with Gasteiger partial charge in [0.2, 0.25) is 0 Å². The summed E-state index contributed by atoms with van der Waals surface area (Å²) in [4.78, 5) is 11.0. The quantitative estimate of drug-likeness (QED) is 0.657. The van der Waals surface area contributed by atoms with Gasteiger partial charge in [-0.1, -0.05) is 33.0 Å². The van der Waals surface area contributed by atoms with Gasteiger partial charge >= 0.3 is 5.97 Å². The van der Waals surface area contributed by atoms with E-state index in [0.717, 1.165) is 0 Å². The number of carbonyl (C=O) groups is 1. The van der Waals surface area contributed by atoms with Crippen LogP contribution in [0.1, 0.15) is 55.4 Å². The molecule has 1 N–H and O–H groups in total. The Morgan fingerprint density at radius 2 is 2.55 bits per heavy atom. The van der Waals surface area contributed by atoms with Gasteiger partial charge in [0.25, 0.3) is 0 Å². The van der Waals surface area contributed by atoms with Crippen molar-refractivity contribution < 1.29 is 19.5 Å². The van der Waals surface area contributed by atoms with Gasteiger partial charge in [-0.05, 0) is 12.8 Å². The molecule has 0 saturated carbocycles. The highest BCUT2D eigenvalue weighted by atomic mass is 16.4. The maximum atomic E-state index is 11.0. The Morgan fingerprint density at radius 1 is 1.82 bits per heavy atom. The second kappa shape index (κ2) is 6.20. The Labute approximate surface area is 78.4 Å². The summed E-state index contributed by atoms with van der Waals surface area (Å²) in [6, 6.07) is 0. The molecule has 0 aromatic rings. The standard InChI is InChI=1S/C9H18O2/c1-3-5-7-8(6-4-2)9(10)11/h8H,3-7H2,1-2H3,(H,10,11)/i2D3,4D2,6D2. The third-order valence-electron chi connectivity index (χ3n) is 1.39. The van der Waals surface area contributed by atoms with Crippen LogP contribution in [0, 0.1) is 5.92 Å².